The Hall–Kier alpha value is -1.11. The maximum absolute atomic E-state index is 12.3. The number of likely N-dealkylation sites (tertiary alicyclic amines) is 1. The number of carbonyl (C=O) groups is 1. The zero-order chi connectivity index (χ0) is 15.4. The third kappa shape index (κ3) is 3.56. The van der Waals surface area contributed by atoms with Gasteiger partial charge < -0.3 is 20.1 Å². The van der Waals surface area contributed by atoms with Crippen LogP contribution in [0, 0.1) is 0 Å². The molecule has 116 valence electrons. The lowest BCUT2D eigenvalue weighted by atomic mass is 9.90. The average molecular weight is 357 g/mol. The molecule has 2 rings (SSSR count). The summed E-state index contributed by atoms with van der Waals surface area (Å²) in [6.45, 7) is 1.04. The summed E-state index contributed by atoms with van der Waals surface area (Å²) in [7, 11) is 3.26. The highest BCUT2D eigenvalue weighted by molar-refractivity contribution is 9.10. The van der Waals surface area contributed by atoms with E-state index in [0.717, 1.165) is 15.8 Å². The van der Waals surface area contributed by atoms with Crippen molar-refractivity contribution in [1.82, 2.24) is 4.90 Å². The van der Waals surface area contributed by atoms with Crippen LogP contribution in [0.15, 0.2) is 22.7 Å². The fraction of sp³-hybridized carbons (Fsp3) is 0.533. The monoisotopic (exact) mass is 356 g/mol. The van der Waals surface area contributed by atoms with E-state index in [1.807, 2.05) is 23.1 Å². The largest absolute Gasteiger partial charge is 0.497 e. The van der Waals surface area contributed by atoms with Crippen LogP contribution in [-0.4, -0.2) is 44.2 Å². The summed E-state index contributed by atoms with van der Waals surface area (Å²) < 4.78 is 11.3. The molecule has 2 atom stereocenters. The Balaban J connectivity index is 2.37. The lowest BCUT2D eigenvalue weighted by Crippen LogP contribution is -2.50. The number of hydrogen-bond acceptors (Lipinski definition) is 4. The second-order valence-electron chi connectivity index (χ2n) is 5.11. The molecule has 1 heterocycles. The molecule has 0 aliphatic carbocycles. The van der Waals surface area contributed by atoms with Crippen LogP contribution in [0.25, 0.3) is 0 Å². The highest BCUT2D eigenvalue weighted by Crippen LogP contribution is 2.36. The minimum absolute atomic E-state index is 0.0945. The molecule has 1 fully saturated rings. The van der Waals surface area contributed by atoms with Crippen LogP contribution >= 0.6 is 15.9 Å². The summed E-state index contributed by atoms with van der Waals surface area (Å²) in [6, 6.07) is 5.49. The first-order chi connectivity index (χ1) is 10.1. The molecule has 1 saturated heterocycles. The van der Waals surface area contributed by atoms with Crippen LogP contribution < -0.4 is 10.5 Å². The Bertz CT molecular complexity index is 510. The quantitative estimate of drug-likeness (QED) is 0.877. The number of nitrogens with zero attached hydrogens (tertiary/aromatic N) is 1. The lowest BCUT2D eigenvalue weighted by Gasteiger charge is -2.40. The van der Waals surface area contributed by atoms with Crippen LogP contribution in [0.4, 0.5) is 0 Å². The van der Waals surface area contributed by atoms with Gasteiger partial charge in [-0.2, -0.15) is 0 Å². The van der Waals surface area contributed by atoms with Crippen molar-refractivity contribution in [3.05, 3.63) is 28.2 Å². The van der Waals surface area contributed by atoms with Gasteiger partial charge in [0.1, 0.15) is 5.75 Å². The SMILES string of the molecule is COCCN1C(=O)CCC(N)C1c1cc(OC)ccc1Br. The zero-order valence-corrected chi connectivity index (χ0v) is 13.9. The number of methoxy groups -OCH3 is 2. The highest BCUT2D eigenvalue weighted by Gasteiger charge is 2.35. The van der Waals surface area contributed by atoms with Crippen LogP contribution in [0.2, 0.25) is 0 Å². The summed E-state index contributed by atoms with van der Waals surface area (Å²) in [5, 5.41) is 0. The molecule has 0 saturated carbocycles. The molecule has 21 heavy (non-hydrogen) atoms. The lowest BCUT2D eigenvalue weighted by molar-refractivity contribution is -0.138. The number of amides is 1. The van der Waals surface area contributed by atoms with E-state index in [2.05, 4.69) is 15.9 Å². The number of piperidine rings is 1. The predicted octanol–water partition coefficient (Wildman–Crippen LogP) is 2.09. The van der Waals surface area contributed by atoms with Crippen LogP contribution in [-0.2, 0) is 9.53 Å². The molecule has 0 aromatic heterocycles. The standard InChI is InChI=1S/C15H21BrN2O3/c1-20-8-7-18-14(19)6-5-13(17)15(18)11-9-10(21-2)3-4-12(11)16/h3-4,9,13,15H,5-8,17H2,1-2H3. The van der Waals surface area contributed by atoms with E-state index in [1.165, 1.54) is 0 Å². The summed E-state index contributed by atoms with van der Waals surface area (Å²) in [5.74, 6) is 0.874. The van der Waals surface area contributed by atoms with Crippen molar-refractivity contribution in [2.45, 2.75) is 24.9 Å². The number of benzene rings is 1. The van der Waals surface area contributed by atoms with Gasteiger partial charge in [0.2, 0.25) is 5.91 Å². The zero-order valence-electron chi connectivity index (χ0n) is 12.3. The highest BCUT2D eigenvalue weighted by atomic mass is 79.9. The van der Waals surface area contributed by atoms with Crippen molar-refractivity contribution in [1.29, 1.82) is 0 Å². The summed E-state index contributed by atoms with van der Waals surface area (Å²) in [4.78, 5) is 14.1. The van der Waals surface area contributed by atoms with Gasteiger partial charge in [0.05, 0.1) is 19.8 Å². The van der Waals surface area contributed by atoms with Gasteiger partial charge in [-0.05, 0) is 30.2 Å². The van der Waals surface area contributed by atoms with Gasteiger partial charge in [0, 0.05) is 30.6 Å². The number of carbonyl (C=O) groups excluding carboxylic acids is 1. The van der Waals surface area contributed by atoms with Crippen molar-refractivity contribution in [2.75, 3.05) is 27.4 Å². The first-order valence-corrected chi connectivity index (χ1v) is 7.75. The number of nitrogens with two attached hydrogens (primary N) is 1. The second kappa shape index (κ2) is 7.24. The van der Waals surface area contributed by atoms with Gasteiger partial charge in [-0.15, -0.1) is 0 Å². The van der Waals surface area contributed by atoms with Crippen molar-refractivity contribution >= 4 is 21.8 Å². The Morgan fingerprint density at radius 2 is 2.19 bits per heavy atom. The van der Waals surface area contributed by atoms with E-state index in [9.17, 15) is 4.79 Å². The number of hydrogen-bond donors (Lipinski definition) is 1. The maximum atomic E-state index is 12.3. The van der Waals surface area contributed by atoms with Crippen molar-refractivity contribution in [3.8, 4) is 5.75 Å². The summed E-state index contributed by atoms with van der Waals surface area (Å²) >= 11 is 3.56. The third-order valence-electron chi connectivity index (χ3n) is 3.81. The number of ether oxygens (including phenoxy) is 2. The molecule has 0 radical (unpaired) electrons. The molecular formula is C15H21BrN2O3. The molecule has 0 spiro atoms. The molecule has 2 unspecified atom stereocenters. The van der Waals surface area contributed by atoms with Crippen LogP contribution in [0.3, 0.4) is 0 Å². The first-order valence-electron chi connectivity index (χ1n) is 6.96. The van der Waals surface area contributed by atoms with Crippen LogP contribution in [0.5, 0.6) is 5.75 Å². The van der Waals surface area contributed by atoms with E-state index in [-0.39, 0.29) is 18.0 Å². The van der Waals surface area contributed by atoms with Gasteiger partial charge in [-0.25, -0.2) is 0 Å². The third-order valence-corrected chi connectivity index (χ3v) is 4.53. The minimum Gasteiger partial charge on any atom is -0.497 e. The molecule has 1 aromatic carbocycles. The summed E-state index contributed by atoms with van der Waals surface area (Å²) in [6.07, 6.45) is 1.18. The molecule has 5 nitrogen and oxygen atoms in total. The van der Waals surface area contributed by atoms with E-state index >= 15 is 0 Å². The smallest absolute Gasteiger partial charge is 0.223 e. The van der Waals surface area contributed by atoms with Crippen LogP contribution in [0.1, 0.15) is 24.4 Å². The topological polar surface area (TPSA) is 64.8 Å². The average Bonchev–Trinajstić information content (AvgIpc) is 2.49. The first kappa shape index (κ1) is 16.3. The Kier molecular flexibility index (Phi) is 5.61. The van der Waals surface area contributed by atoms with E-state index in [0.29, 0.717) is 26.0 Å². The molecular weight excluding hydrogens is 336 g/mol. The minimum atomic E-state index is -0.161. The van der Waals surface area contributed by atoms with E-state index in [4.69, 9.17) is 15.2 Å². The van der Waals surface area contributed by atoms with Gasteiger partial charge in [0.25, 0.3) is 0 Å². The maximum Gasteiger partial charge on any atom is 0.223 e. The molecule has 1 aliphatic rings. The molecule has 2 N–H and O–H groups in total. The van der Waals surface area contributed by atoms with Crippen molar-refractivity contribution in [2.24, 2.45) is 5.73 Å². The van der Waals surface area contributed by atoms with Gasteiger partial charge in [-0.1, -0.05) is 15.9 Å². The van der Waals surface area contributed by atoms with Gasteiger partial charge in [-0.3, -0.25) is 4.79 Å². The Labute approximate surface area is 133 Å². The van der Waals surface area contributed by atoms with E-state index in [1.54, 1.807) is 14.2 Å². The fourth-order valence-electron chi connectivity index (χ4n) is 2.71. The molecule has 6 heteroatoms. The predicted molar refractivity (Wildman–Crippen MR) is 84.2 cm³/mol. The second-order valence-corrected chi connectivity index (χ2v) is 5.97. The van der Waals surface area contributed by atoms with Crippen molar-refractivity contribution < 1.29 is 14.3 Å². The number of rotatable bonds is 5. The molecule has 1 aliphatic heterocycles. The van der Waals surface area contributed by atoms with Gasteiger partial charge >= 0.3 is 0 Å². The van der Waals surface area contributed by atoms with Gasteiger partial charge in [0.15, 0.2) is 0 Å². The normalized spacial score (nSPS) is 22.5. The van der Waals surface area contributed by atoms with E-state index < -0.39 is 0 Å². The fourth-order valence-corrected chi connectivity index (χ4v) is 3.19. The molecule has 1 aromatic rings. The molecule has 0 bridgehead atoms. The number of halogens is 1. The Morgan fingerprint density at radius 1 is 1.43 bits per heavy atom. The molecule has 1 amide bonds. The summed E-state index contributed by atoms with van der Waals surface area (Å²) in [5.41, 5.74) is 7.28. The van der Waals surface area contributed by atoms with Crippen molar-refractivity contribution in [3.63, 3.8) is 0 Å². The Morgan fingerprint density at radius 3 is 2.86 bits per heavy atom.